The molecule has 1 heterocycles. The zero-order chi connectivity index (χ0) is 14.4. The van der Waals surface area contributed by atoms with Crippen LogP contribution in [0.1, 0.15) is 35.8 Å². The van der Waals surface area contributed by atoms with Gasteiger partial charge in [0.1, 0.15) is 5.01 Å². The van der Waals surface area contributed by atoms with Gasteiger partial charge in [0.15, 0.2) is 5.69 Å². The lowest BCUT2D eigenvalue weighted by Gasteiger charge is -2.18. The Morgan fingerprint density at radius 1 is 1.53 bits per heavy atom. The Morgan fingerprint density at radius 2 is 2.21 bits per heavy atom. The Morgan fingerprint density at radius 3 is 2.74 bits per heavy atom. The quantitative estimate of drug-likeness (QED) is 0.837. The summed E-state index contributed by atoms with van der Waals surface area (Å²) in [6, 6.07) is -0.173. The summed E-state index contributed by atoms with van der Waals surface area (Å²) in [5, 5.41) is 13.5. The summed E-state index contributed by atoms with van der Waals surface area (Å²) in [6.45, 7) is 5.16. The second-order valence-electron chi connectivity index (χ2n) is 4.69. The molecule has 0 atom stereocenters. The summed E-state index contributed by atoms with van der Waals surface area (Å²) >= 11 is 1.22. The van der Waals surface area contributed by atoms with Crippen LogP contribution < -0.4 is 5.32 Å². The fourth-order valence-corrected chi connectivity index (χ4v) is 2.04. The van der Waals surface area contributed by atoms with Gasteiger partial charge in [-0.1, -0.05) is 13.8 Å². The molecule has 0 unspecified atom stereocenters. The molecule has 1 aromatic rings. The average molecular weight is 285 g/mol. The number of amides is 2. The van der Waals surface area contributed by atoms with Crippen LogP contribution in [0.5, 0.6) is 0 Å². The van der Waals surface area contributed by atoms with E-state index in [4.69, 9.17) is 5.11 Å². The smallest absolute Gasteiger partial charge is 0.355 e. The van der Waals surface area contributed by atoms with Crippen LogP contribution in [0, 0.1) is 5.92 Å². The molecule has 6 nitrogen and oxygen atoms in total. The highest BCUT2D eigenvalue weighted by Crippen LogP contribution is 2.09. The maximum atomic E-state index is 11.7. The lowest BCUT2D eigenvalue weighted by Crippen LogP contribution is -2.37. The predicted octanol–water partition coefficient (Wildman–Crippen LogP) is 2.03. The maximum absolute atomic E-state index is 11.7. The molecule has 0 aliphatic rings. The molecule has 19 heavy (non-hydrogen) atoms. The summed E-state index contributed by atoms with van der Waals surface area (Å²) in [5.74, 6) is -0.504. The van der Waals surface area contributed by atoms with Crippen molar-refractivity contribution in [3.63, 3.8) is 0 Å². The first-order valence-corrected chi connectivity index (χ1v) is 6.94. The lowest BCUT2D eigenvalue weighted by molar-refractivity contribution is 0.0691. The van der Waals surface area contributed by atoms with Crippen LogP contribution in [-0.4, -0.2) is 40.6 Å². The number of aromatic nitrogens is 1. The van der Waals surface area contributed by atoms with Crippen molar-refractivity contribution >= 4 is 23.3 Å². The Bertz CT molecular complexity index is 445. The molecular formula is C12H19N3O3S. The minimum atomic E-state index is -1.05. The van der Waals surface area contributed by atoms with E-state index in [0.29, 0.717) is 17.5 Å². The number of aromatic carboxylic acids is 1. The van der Waals surface area contributed by atoms with Gasteiger partial charge >= 0.3 is 12.0 Å². The van der Waals surface area contributed by atoms with Crippen molar-refractivity contribution in [3.8, 4) is 0 Å². The number of carboxylic acid groups (broad SMARTS) is 1. The molecule has 0 aliphatic heterocycles. The van der Waals surface area contributed by atoms with Crippen molar-refractivity contribution < 1.29 is 14.7 Å². The van der Waals surface area contributed by atoms with E-state index in [1.165, 1.54) is 16.7 Å². The highest BCUT2D eigenvalue weighted by atomic mass is 32.1. The first kappa shape index (κ1) is 15.4. The van der Waals surface area contributed by atoms with Crippen LogP contribution in [0.15, 0.2) is 5.38 Å². The van der Waals surface area contributed by atoms with E-state index >= 15 is 0 Å². The number of carbonyl (C=O) groups excluding carboxylic acids is 1. The van der Waals surface area contributed by atoms with Gasteiger partial charge in [-0.2, -0.15) is 0 Å². The molecule has 0 fully saturated rings. The van der Waals surface area contributed by atoms with Crippen LogP contribution in [-0.2, 0) is 6.54 Å². The number of rotatable bonds is 6. The molecule has 1 rings (SSSR count). The zero-order valence-corrected chi connectivity index (χ0v) is 12.2. The highest BCUT2D eigenvalue weighted by molar-refractivity contribution is 7.09. The normalized spacial score (nSPS) is 10.5. The van der Waals surface area contributed by atoms with Crippen molar-refractivity contribution in [3.05, 3.63) is 16.1 Å². The van der Waals surface area contributed by atoms with Gasteiger partial charge in [0.25, 0.3) is 0 Å². The van der Waals surface area contributed by atoms with E-state index in [0.717, 1.165) is 6.42 Å². The molecular weight excluding hydrogens is 266 g/mol. The van der Waals surface area contributed by atoms with Gasteiger partial charge < -0.3 is 15.3 Å². The molecule has 0 radical (unpaired) electrons. The van der Waals surface area contributed by atoms with Crippen LogP contribution in [0.4, 0.5) is 4.79 Å². The number of nitrogens with zero attached hydrogens (tertiary/aromatic N) is 2. The fraction of sp³-hybridized carbons (Fsp3) is 0.583. The number of hydrogen-bond acceptors (Lipinski definition) is 4. The molecule has 106 valence electrons. The molecule has 0 saturated carbocycles. The van der Waals surface area contributed by atoms with Crippen molar-refractivity contribution in [1.82, 2.24) is 15.2 Å². The maximum Gasteiger partial charge on any atom is 0.355 e. The number of carboxylic acids is 1. The highest BCUT2D eigenvalue weighted by Gasteiger charge is 2.11. The van der Waals surface area contributed by atoms with E-state index in [-0.39, 0.29) is 18.3 Å². The summed E-state index contributed by atoms with van der Waals surface area (Å²) in [5.41, 5.74) is 0.0161. The third kappa shape index (κ3) is 5.25. The molecule has 0 aliphatic carbocycles. The third-order valence-electron chi connectivity index (χ3n) is 2.55. The second kappa shape index (κ2) is 7.08. The lowest BCUT2D eigenvalue weighted by atomic mass is 10.1. The molecule has 2 amide bonds. The number of carbonyl (C=O) groups is 2. The van der Waals surface area contributed by atoms with Crippen molar-refractivity contribution in [1.29, 1.82) is 0 Å². The predicted molar refractivity (Wildman–Crippen MR) is 73.4 cm³/mol. The minimum Gasteiger partial charge on any atom is -0.476 e. The molecule has 1 aromatic heterocycles. The van der Waals surface area contributed by atoms with Gasteiger partial charge in [0, 0.05) is 19.0 Å². The molecule has 7 heteroatoms. The summed E-state index contributed by atoms with van der Waals surface area (Å²) in [7, 11) is 1.74. The summed E-state index contributed by atoms with van der Waals surface area (Å²) in [6.07, 6.45) is 0.949. The van der Waals surface area contributed by atoms with Crippen LogP contribution in [0.3, 0.4) is 0 Å². The SMILES string of the molecule is CC(C)CCN(C)C(=O)NCc1nc(C(=O)O)cs1. The van der Waals surface area contributed by atoms with Crippen LogP contribution in [0.25, 0.3) is 0 Å². The van der Waals surface area contributed by atoms with Gasteiger partial charge in [-0.15, -0.1) is 11.3 Å². The largest absolute Gasteiger partial charge is 0.476 e. The minimum absolute atomic E-state index is 0.0161. The second-order valence-corrected chi connectivity index (χ2v) is 5.64. The Labute approximate surface area is 116 Å². The number of hydrogen-bond donors (Lipinski definition) is 2. The third-order valence-corrected chi connectivity index (χ3v) is 3.40. The Balaban J connectivity index is 2.38. The first-order chi connectivity index (χ1) is 8.90. The zero-order valence-electron chi connectivity index (χ0n) is 11.3. The molecule has 0 bridgehead atoms. The molecule has 0 spiro atoms. The monoisotopic (exact) mass is 285 g/mol. The van der Waals surface area contributed by atoms with Gasteiger partial charge in [0.05, 0.1) is 6.54 Å². The summed E-state index contributed by atoms with van der Waals surface area (Å²) < 4.78 is 0. The fourth-order valence-electron chi connectivity index (χ4n) is 1.33. The van der Waals surface area contributed by atoms with Crippen molar-refractivity contribution in [2.75, 3.05) is 13.6 Å². The van der Waals surface area contributed by atoms with Crippen LogP contribution >= 0.6 is 11.3 Å². The van der Waals surface area contributed by atoms with E-state index in [2.05, 4.69) is 24.1 Å². The van der Waals surface area contributed by atoms with E-state index in [1.807, 2.05) is 0 Å². The Hall–Kier alpha value is -1.63. The molecule has 0 aromatic carbocycles. The Kier molecular flexibility index (Phi) is 5.75. The summed E-state index contributed by atoms with van der Waals surface area (Å²) in [4.78, 5) is 27.9. The first-order valence-electron chi connectivity index (χ1n) is 6.06. The molecule has 0 saturated heterocycles. The van der Waals surface area contributed by atoms with Crippen LogP contribution in [0.2, 0.25) is 0 Å². The van der Waals surface area contributed by atoms with Crippen molar-refractivity contribution in [2.24, 2.45) is 5.92 Å². The van der Waals surface area contributed by atoms with Gasteiger partial charge in [-0.25, -0.2) is 14.6 Å². The standard InChI is InChI=1S/C12H19N3O3S/c1-8(2)4-5-15(3)12(18)13-6-10-14-9(7-19-10)11(16)17/h7-8H,4-6H2,1-3H3,(H,13,18)(H,16,17). The molecule has 2 N–H and O–H groups in total. The van der Waals surface area contributed by atoms with E-state index in [1.54, 1.807) is 11.9 Å². The number of nitrogens with one attached hydrogen (secondary N) is 1. The van der Waals surface area contributed by atoms with Gasteiger partial charge in [-0.05, 0) is 12.3 Å². The van der Waals surface area contributed by atoms with Crippen molar-refractivity contribution in [2.45, 2.75) is 26.8 Å². The topological polar surface area (TPSA) is 82.5 Å². The van der Waals surface area contributed by atoms with Gasteiger partial charge in [0.2, 0.25) is 0 Å². The number of urea groups is 1. The number of thiazole rings is 1. The van der Waals surface area contributed by atoms with E-state index < -0.39 is 5.97 Å². The van der Waals surface area contributed by atoms with Gasteiger partial charge in [-0.3, -0.25) is 0 Å². The average Bonchev–Trinajstić information content (AvgIpc) is 2.81. The van der Waals surface area contributed by atoms with E-state index in [9.17, 15) is 9.59 Å².